The van der Waals surface area contributed by atoms with Gasteiger partial charge >= 0.3 is 0 Å². The highest BCUT2D eigenvalue weighted by atomic mass is 19.1. The lowest BCUT2D eigenvalue weighted by Gasteiger charge is -2.25. The van der Waals surface area contributed by atoms with E-state index < -0.39 is 17.7 Å². The molecule has 0 fully saturated rings. The van der Waals surface area contributed by atoms with Crippen LogP contribution in [0, 0.1) is 11.6 Å². The van der Waals surface area contributed by atoms with E-state index in [1.807, 2.05) is 30.3 Å². The van der Waals surface area contributed by atoms with Crippen molar-refractivity contribution < 1.29 is 8.78 Å². The predicted molar refractivity (Wildman–Crippen MR) is 90.4 cm³/mol. The second-order valence-electron chi connectivity index (χ2n) is 5.75. The number of anilines is 1. The summed E-state index contributed by atoms with van der Waals surface area (Å²) >= 11 is 0. The SMILES string of the molecule is CN(C)C(CNc1nnnn1-c1ccccc1)c1c(F)cccc1F. The van der Waals surface area contributed by atoms with Crippen LogP contribution in [-0.2, 0) is 0 Å². The number of nitrogens with one attached hydrogen (secondary N) is 1. The molecule has 3 aromatic rings. The molecule has 8 heteroatoms. The molecule has 0 spiro atoms. The summed E-state index contributed by atoms with van der Waals surface area (Å²) in [7, 11) is 3.52. The topological polar surface area (TPSA) is 58.9 Å². The molecule has 130 valence electrons. The van der Waals surface area contributed by atoms with Gasteiger partial charge in [0.15, 0.2) is 0 Å². The first-order valence-corrected chi connectivity index (χ1v) is 7.76. The number of hydrogen-bond acceptors (Lipinski definition) is 5. The Morgan fingerprint density at radius 2 is 1.72 bits per heavy atom. The van der Waals surface area contributed by atoms with Gasteiger partial charge in [-0.3, -0.25) is 0 Å². The van der Waals surface area contributed by atoms with Gasteiger partial charge in [-0.15, -0.1) is 0 Å². The molecule has 0 saturated carbocycles. The van der Waals surface area contributed by atoms with Crippen LogP contribution in [0.15, 0.2) is 48.5 Å². The summed E-state index contributed by atoms with van der Waals surface area (Å²) in [6.45, 7) is 0.234. The first kappa shape index (κ1) is 17.0. The highest BCUT2D eigenvalue weighted by Gasteiger charge is 2.23. The molecule has 0 bridgehead atoms. The smallest absolute Gasteiger partial charge is 0.247 e. The first-order chi connectivity index (χ1) is 12.1. The van der Waals surface area contributed by atoms with E-state index in [4.69, 9.17) is 0 Å². The summed E-state index contributed by atoms with van der Waals surface area (Å²) < 4.78 is 29.8. The van der Waals surface area contributed by atoms with Crippen molar-refractivity contribution in [3.63, 3.8) is 0 Å². The lowest BCUT2D eigenvalue weighted by atomic mass is 10.0. The van der Waals surface area contributed by atoms with E-state index in [-0.39, 0.29) is 12.1 Å². The van der Waals surface area contributed by atoms with Gasteiger partial charge in [0.05, 0.1) is 11.7 Å². The number of hydrogen-bond donors (Lipinski definition) is 1. The first-order valence-electron chi connectivity index (χ1n) is 7.76. The summed E-state index contributed by atoms with van der Waals surface area (Å²) in [5, 5.41) is 14.6. The molecule has 0 amide bonds. The van der Waals surface area contributed by atoms with Gasteiger partial charge in [-0.1, -0.05) is 29.4 Å². The van der Waals surface area contributed by atoms with E-state index in [1.54, 1.807) is 19.0 Å². The molecule has 1 heterocycles. The number of rotatable bonds is 6. The van der Waals surface area contributed by atoms with Crippen LogP contribution in [0.3, 0.4) is 0 Å². The molecule has 1 atom stereocenters. The molecule has 0 aliphatic rings. The van der Waals surface area contributed by atoms with Gasteiger partial charge in [0.1, 0.15) is 11.6 Å². The molecule has 3 rings (SSSR count). The minimum absolute atomic E-state index is 0.0127. The largest absolute Gasteiger partial charge is 0.351 e. The Morgan fingerprint density at radius 3 is 2.36 bits per heavy atom. The van der Waals surface area contributed by atoms with E-state index >= 15 is 0 Å². The third kappa shape index (κ3) is 3.63. The maximum atomic E-state index is 14.1. The highest BCUT2D eigenvalue weighted by molar-refractivity contribution is 5.39. The average Bonchev–Trinajstić information content (AvgIpc) is 3.06. The van der Waals surface area contributed by atoms with Crippen LogP contribution in [0.2, 0.25) is 0 Å². The van der Waals surface area contributed by atoms with Gasteiger partial charge in [0, 0.05) is 12.1 Å². The lowest BCUT2D eigenvalue weighted by Crippen LogP contribution is -2.29. The van der Waals surface area contributed by atoms with Crippen LogP contribution in [0.4, 0.5) is 14.7 Å². The number of para-hydroxylation sites is 1. The van der Waals surface area contributed by atoms with Gasteiger partial charge in [0.2, 0.25) is 5.95 Å². The van der Waals surface area contributed by atoms with Gasteiger partial charge in [-0.05, 0) is 48.8 Å². The normalized spacial score (nSPS) is 12.4. The number of nitrogens with zero attached hydrogens (tertiary/aromatic N) is 5. The molecule has 1 aromatic heterocycles. The Kier molecular flexibility index (Phi) is 4.99. The van der Waals surface area contributed by atoms with Crippen LogP contribution < -0.4 is 5.32 Å². The fraction of sp³-hybridized carbons (Fsp3) is 0.235. The number of tetrazole rings is 1. The Bertz CT molecular complexity index is 814. The number of likely N-dealkylation sites (N-methyl/N-ethyl adjacent to an activating group) is 1. The van der Waals surface area contributed by atoms with Crippen LogP contribution >= 0.6 is 0 Å². The van der Waals surface area contributed by atoms with Crippen molar-refractivity contribution in [2.45, 2.75) is 6.04 Å². The molecule has 0 aliphatic heterocycles. The summed E-state index contributed by atoms with van der Waals surface area (Å²) in [4.78, 5) is 1.74. The minimum Gasteiger partial charge on any atom is -0.351 e. The number of benzene rings is 2. The van der Waals surface area contributed by atoms with E-state index in [9.17, 15) is 8.78 Å². The van der Waals surface area contributed by atoms with E-state index in [2.05, 4.69) is 20.8 Å². The average molecular weight is 344 g/mol. The zero-order valence-electron chi connectivity index (χ0n) is 13.9. The van der Waals surface area contributed by atoms with Gasteiger partial charge in [-0.25, -0.2) is 8.78 Å². The molecule has 25 heavy (non-hydrogen) atoms. The van der Waals surface area contributed by atoms with E-state index in [0.29, 0.717) is 5.95 Å². The fourth-order valence-electron chi connectivity index (χ4n) is 2.60. The Morgan fingerprint density at radius 1 is 1.04 bits per heavy atom. The molecule has 6 nitrogen and oxygen atoms in total. The molecule has 0 radical (unpaired) electrons. The maximum absolute atomic E-state index is 14.1. The second kappa shape index (κ2) is 7.35. The Balaban J connectivity index is 1.84. The summed E-state index contributed by atoms with van der Waals surface area (Å²) in [5.74, 6) is -0.763. The molecule has 2 aromatic carbocycles. The van der Waals surface area contributed by atoms with Gasteiger partial charge in [0.25, 0.3) is 0 Å². The molecule has 1 unspecified atom stereocenters. The third-order valence-corrected chi connectivity index (χ3v) is 3.88. The van der Waals surface area contributed by atoms with Crippen molar-refractivity contribution in [3.8, 4) is 5.69 Å². The summed E-state index contributed by atoms with van der Waals surface area (Å²) in [6.07, 6.45) is 0. The molecular weight excluding hydrogens is 326 g/mol. The highest BCUT2D eigenvalue weighted by Crippen LogP contribution is 2.25. The zero-order valence-corrected chi connectivity index (χ0v) is 13.9. The summed E-state index contributed by atoms with van der Waals surface area (Å²) in [5.41, 5.74) is 0.798. The Hall–Kier alpha value is -2.87. The number of halogens is 2. The monoisotopic (exact) mass is 344 g/mol. The maximum Gasteiger partial charge on any atom is 0.247 e. The third-order valence-electron chi connectivity index (χ3n) is 3.88. The van der Waals surface area contributed by atoms with Crippen LogP contribution in [0.25, 0.3) is 5.69 Å². The van der Waals surface area contributed by atoms with E-state index in [1.165, 1.54) is 22.9 Å². The molecule has 1 N–H and O–H groups in total. The van der Waals surface area contributed by atoms with Crippen molar-refractivity contribution in [1.82, 2.24) is 25.1 Å². The zero-order chi connectivity index (χ0) is 17.8. The van der Waals surface area contributed by atoms with Crippen LogP contribution in [0.5, 0.6) is 0 Å². The van der Waals surface area contributed by atoms with Gasteiger partial charge in [-0.2, -0.15) is 4.68 Å². The summed E-state index contributed by atoms with van der Waals surface area (Å²) in [6, 6.07) is 12.7. The van der Waals surface area contributed by atoms with Crippen molar-refractivity contribution >= 4 is 5.95 Å². The second-order valence-corrected chi connectivity index (χ2v) is 5.75. The standard InChI is InChI=1S/C17H18F2N6/c1-24(2)15(16-13(18)9-6-10-14(16)19)11-20-17-21-22-23-25(17)12-7-4-3-5-8-12/h3-10,15H,11H2,1-2H3,(H,20,21,23). The van der Waals surface area contributed by atoms with Crippen molar-refractivity contribution in [1.29, 1.82) is 0 Å². The van der Waals surface area contributed by atoms with Crippen LogP contribution in [-0.4, -0.2) is 45.7 Å². The lowest BCUT2D eigenvalue weighted by molar-refractivity contribution is 0.294. The molecule has 0 aliphatic carbocycles. The van der Waals surface area contributed by atoms with Crippen molar-refractivity contribution in [2.24, 2.45) is 0 Å². The Labute approximate surface area is 144 Å². The quantitative estimate of drug-likeness (QED) is 0.745. The predicted octanol–water partition coefficient (Wildman–Crippen LogP) is 2.66. The van der Waals surface area contributed by atoms with Gasteiger partial charge < -0.3 is 10.2 Å². The molecular formula is C17H18F2N6. The number of aromatic nitrogens is 4. The molecule has 0 saturated heterocycles. The minimum atomic E-state index is -0.580. The van der Waals surface area contributed by atoms with Crippen molar-refractivity contribution in [2.75, 3.05) is 26.0 Å². The van der Waals surface area contributed by atoms with Crippen LogP contribution in [0.1, 0.15) is 11.6 Å². The van der Waals surface area contributed by atoms with E-state index in [0.717, 1.165) is 5.69 Å². The fourth-order valence-corrected chi connectivity index (χ4v) is 2.60. The van der Waals surface area contributed by atoms with Crippen molar-refractivity contribution in [3.05, 3.63) is 65.7 Å².